The van der Waals surface area contributed by atoms with E-state index in [2.05, 4.69) is 31.4 Å². The molecule has 0 unspecified atom stereocenters. The lowest BCUT2D eigenvalue weighted by Crippen LogP contribution is -2.47. The van der Waals surface area contributed by atoms with Crippen molar-refractivity contribution in [1.82, 2.24) is 23.8 Å². The molecule has 5 aromatic rings. The van der Waals surface area contributed by atoms with Crippen molar-refractivity contribution in [3.63, 3.8) is 0 Å². The van der Waals surface area contributed by atoms with E-state index in [4.69, 9.17) is 17.3 Å². The normalized spacial score (nSPS) is 16.7. The van der Waals surface area contributed by atoms with Crippen LogP contribution in [0.4, 0.5) is 27.4 Å². The Morgan fingerprint density at radius 2 is 1.58 bits per heavy atom. The van der Waals surface area contributed by atoms with Crippen molar-refractivity contribution in [3.05, 3.63) is 115 Å². The van der Waals surface area contributed by atoms with Crippen LogP contribution in [0.3, 0.4) is 0 Å². The second-order valence-electron chi connectivity index (χ2n) is 13.8. The lowest BCUT2D eigenvalue weighted by atomic mass is 10.1. The Hall–Kier alpha value is -5.61. The van der Waals surface area contributed by atoms with Gasteiger partial charge in [-0.1, -0.05) is 30.3 Å². The second-order valence-corrected chi connectivity index (χ2v) is 14.1. The van der Waals surface area contributed by atoms with Crippen LogP contribution in [-0.4, -0.2) is 92.2 Å². The molecular formula is C37H38FN9O5S. The van der Waals surface area contributed by atoms with E-state index in [1.165, 1.54) is 24.4 Å². The first-order valence-electron chi connectivity index (χ1n) is 17.7. The molecule has 8 rings (SSSR count). The Labute approximate surface area is 308 Å². The zero-order valence-corrected chi connectivity index (χ0v) is 29.7. The third kappa shape index (κ3) is 6.87. The number of fused-ring (bicyclic) bond motifs is 1. The van der Waals surface area contributed by atoms with Crippen molar-refractivity contribution in [2.75, 3.05) is 67.1 Å². The second kappa shape index (κ2) is 14.1. The minimum Gasteiger partial charge on any atom is -0.477 e. The van der Waals surface area contributed by atoms with Crippen LogP contribution < -0.4 is 20.1 Å². The Morgan fingerprint density at radius 1 is 0.925 bits per heavy atom. The molecule has 53 heavy (non-hydrogen) atoms. The SMILES string of the molecule is O=C(O)c1cn(C2CC2)c2cc(N3CCN(Cn4nc(N5CCN(c6ccc([N+](=O)[O-])cc6)CC5)n(Cc5ccccc5)c4=S)CC3)c(F)cc2c1=O. The molecule has 0 amide bonds. The number of hydrogen-bond acceptors (Lipinski definition) is 10. The molecule has 4 heterocycles. The highest BCUT2D eigenvalue weighted by Gasteiger charge is 2.29. The third-order valence-corrected chi connectivity index (χ3v) is 10.8. The number of nitro benzene ring substituents is 1. The van der Waals surface area contributed by atoms with Gasteiger partial charge in [0, 0.05) is 87.8 Å². The fraction of sp³-hybridized carbons (Fsp3) is 0.351. The molecule has 3 fully saturated rings. The van der Waals surface area contributed by atoms with Crippen LogP contribution in [0.25, 0.3) is 10.9 Å². The summed E-state index contributed by atoms with van der Waals surface area (Å²) in [6, 6.07) is 19.7. The predicted octanol–water partition coefficient (Wildman–Crippen LogP) is 4.96. The summed E-state index contributed by atoms with van der Waals surface area (Å²) in [5.41, 5.74) is 2.04. The topological polar surface area (TPSA) is 138 Å². The quantitative estimate of drug-likeness (QED) is 0.118. The third-order valence-electron chi connectivity index (χ3n) is 10.4. The van der Waals surface area contributed by atoms with E-state index in [-0.39, 0.29) is 22.7 Å². The van der Waals surface area contributed by atoms with Crippen LogP contribution in [0, 0.1) is 20.7 Å². The zero-order chi connectivity index (χ0) is 36.8. The van der Waals surface area contributed by atoms with Gasteiger partial charge in [0.25, 0.3) is 5.69 Å². The first-order valence-corrected chi connectivity index (χ1v) is 18.1. The minimum atomic E-state index is -1.31. The van der Waals surface area contributed by atoms with Crippen LogP contribution in [0.2, 0.25) is 0 Å². The van der Waals surface area contributed by atoms with E-state index in [9.17, 15) is 24.8 Å². The first kappa shape index (κ1) is 34.5. The summed E-state index contributed by atoms with van der Waals surface area (Å²) in [4.78, 5) is 44.1. The number of non-ortho nitro benzene ring substituents is 1. The van der Waals surface area contributed by atoms with Crippen molar-refractivity contribution < 1.29 is 19.2 Å². The fourth-order valence-corrected chi connectivity index (χ4v) is 7.58. The summed E-state index contributed by atoms with van der Waals surface area (Å²) in [6.07, 6.45) is 3.16. The van der Waals surface area contributed by atoms with E-state index in [0.717, 1.165) is 30.0 Å². The predicted molar refractivity (Wildman–Crippen MR) is 201 cm³/mol. The molecule has 3 aliphatic rings. The summed E-state index contributed by atoms with van der Waals surface area (Å²) < 4.78 is 22.0. The largest absolute Gasteiger partial charge is 0.477 e. The van der Waals surface area contributed by atoms with Gasteiger partial charge in [0.15, 0.2) is 0 Å². The van der Waals surface area contributed by atoms with Crippen molar-refractivity contribution in [2.24, 2.45) is 0 Å². The number of nitro groups is 1. The van der Waals surface area contributed by atoms with Crippen molar-refractivity contribution in [3.8, 4) is 0 Å². The number of nitrogens with zero attached hydrogens (tertiary/aromatic N) is 9. The van der Waals surface area contributed by atoms with Crippen LogP contribution in [-0.2, 0) is 13.2 Å². The van der Waals surface area contributed by atoms with Crippen molar-refractivity contribution >= 4 is 52.1 Å². The van der Waals surface area contributed by atoms with E-state index in [1.54, 1.807) is 18.2 Å². The van der Waals surface area contributed by atoms with Gasteiger partial charge in [0.05, 0.1) is 29.3 Å². The summed E-state index contributed by atoms with van der Waals surface area (Å²) in [7, 11) is 0. The van der Waals surface area contributed by atoms with Gasteiger partial charge < -0.3 is 24.4 Å². The van der Waals surface area contributed by atoms with E-state index in [0.29, 0.717) is 81.5 Å². The van der Waals surface area contributed by atoms with Crippen LogP contribution in [0.5, 0.6) is 0 Å². The fourth-order valence-electron chi connectivity index (χ4n) is 7.34. The van der Waals surface area contributed by atoms with Crippen molar-refractivity contribution in [1.29, 1.82) is 0 Å². The number of carboxylic acids is 1. The first-order chi connectivity index (χ1) is 25.6. The monoisotopic (exact) mass is 739 g/mol. The van der Waals surface area contributed by atoms with E-state index < -0.39 is 22.1 Å². The summed E-state index contributed by atoms with van der Waals surface area (Å²) in [5, 5.41) is 25.9. The molecule has 1 aliphatic carbocycles. The summed E-state index contributed by atoms with van der Waals surface area (Å²) >= 11 is 6.04. The number of hydrogen-bond donors (Lipinski definition) is 1. The molecule has 1 saturated carbocycles. The smallest absolute Gasteiger partial charge is 0.341 e. The van der Waals surface area contributed by atoms with Gasteiger partial charge in [-0.15, -0.1) is 5.10 Å². The van der Waals surface area contributed by atoms with Gasteiger partial charge in [-0.25, -0.2) is 13.9 Å². The van der Waals surface area contributed by atoms with Gasteiger partial charge >= 0.3 is 5.97 Å². The van der Waals surface area contributed by atoms with Crippen LogP contribution in [0.15, 0.2) is 77.7 Å². The molecular weight excluding hydrogens is 702 g/mol. The maximum atomic E-state index is 15.6. The van der Waals surface area contributed by atoms with Gasteiger partial charge in [0.1, 0.15) is 11.4 Å². The van der Waals surface area contributed by atoms with Gasteiger partial charge in [-0.3, -0.25) is 24.4 Å². The number of rotatable bonds is 10. The van der Waals surface area contributed by atoms with E-state index >= 15 is 4.39 Å². The number of aromatic carboxylic acids is 1. The molecule has 274 valence electrons. The molecule has 2 saturated heterocycles. The highest BCUT2D eigenvalue weighted by molar-refractivity contribution is 7.71. The Balaban J connectivity index is 0.991. The molecule has 2 aliphatic heterocycles. The Bertz CT molecular complexity index is 2310. The number of carbonyl (C=O) groups is 1. The Kier molecular flexibility index (Phi) is 9.16. The van der Waals surface area contributed by atoms with Gasteiger partial charge in [0.2, 0.25) is 16.1 Å². The maximum absolute atomic E-state index is 15.6. The van der Waals surface area contributed by atoms with Gasteiger partial charge in [-0.2, -0.15) is 0 Å². The average molecular weight is 740 g/mol. The minimum absolute atomic E-state index is 0.0678. The average Bonchev–Trinajstić information content (AvgIpc) is 3.97. The molecule has 0 radical (unpaired) electrons. The van der Waals surface area contributed by atoms with Crippen LogP contribution >= 0.6 is 12.2 Å². The zero-order valence-electron chi connectivity index (χ0n) is 28.9. The highest BCUT2D eigenvalue weighted by Crippen LogP contribution is 2.38. The summed E-state index contributed by atoms with van der Waals surface area (Å²) in [5.74, 6) is -1.08. The number of pyridine rings is 1. The molecule has 0 bridgehead atoms. The number of carboxylic acid groups (broad SMARTS) is 1. The number of benzene rings is 3. The molecule has 0 atom stereocenters. The lowest BCUT2D eigenvalue weighted by molar-refractivity contribution is -0.384. The van der Waals surface area contributed by atoms with Gasteiger partial charge in [-0.05, 0) is 54.9 Å². The molecule has 1 N–H and O–H groups in total. The Morgan fingerprint density at radius 3 is 2.23 bits per heavy atom. The number of aromatic nitrogens is 4. The number of halogens is 1. The molecule has 14 nitrogen and oxygen atoms in total. The molecule has 3 aromatic carbocycles. The highest BCUT2D eigenvalue weighted by atomic mass is 32.1. The number of piperazine rings is 2. The molecule has 16 heteroatoms. The summed E-state index contributed by atoms with van der Waals surface area (Å²) in [6.45, 7) is 6.18. The van der Waals surface area contributed by atoms with Crippen LogP contribution in [0.1, 0.15) is 34.8 Å². The van der Waals surface area contributed by atoms with Crippen molar-refractivity contribution in [2.45, 2.75) is 32.1 Å². The van der Waals surface area contributed by atoms with E-state index in [1.807, 2.05) is 32.3 Å². The maximum Gasteiger partial charge on any atom is 0.341 e. The molecule has 2 aromatic heterocycles. The standard InChI is InChI=1S/C37H38FN9O5S/c38-31-20-29-32(44(27-8-9-27)23-30(34(29)48)35(49)50)21-33(31)42-14-12-40(13-15-42)24-46-37(53)45(22-25-4-2-1-3-5-25)36(39-46)43-18-16-41(17-19-43)26-6-10-28(11-7-26)47(51)52/h1-7,10-11,20-21,23,27H,8-9,12-19,22,24H2,(H,49,50). The molecule has 0 spiro atoms. The lowest BCUT2D eigenvalue weighted by Gasteiger charge is -2.36. The number of anilines is 3.